The molecule has 0 aliphatic carbocycles. The molecular weight excluding hydrogens is 342 g/mol. The van der Waals surface area contributed by atoms with Gasteiger partial charge in [0.25, 0.3) is 0 Å². The summed E-state index contributed by atoms with van der Waals surface area (Å²) >= 11 is 6.12. The van der Waals surface area contributed by atoms with Crippen LogP contribution in [0.5, 0.6) is 0 Å². The van der Waals surface area contributed by atoms with E-state index in [2.05, 4.69) is 35.8 Å². The Balaban J connectivity index is 1.52. The van der Waals surface area contributed by atoms with Crippen LogP contribution in [0.1, 0.15) is 17.2 Å². The molecule has 0 saturated carbocycles. The first-order valence-electron chi connectivity index (χ1n) is 7.69. The molecule has 0 atom stereocenters. The van der Waals surface area contributed by atoms with E-state index >= 15 is 0 Å². The summed E-state index contributed by atoms with van der Waals surface area (Å²) in [6, 6.07) is 9.52. The number of H-pyrrole nitrogens is 2. The number of tetrazole rings is 1. The lowest BCUT2D eigenvalue weighted by molar-refractivity contribution is 0.592. The molecular formula is C16H14ClN7O. The lowest BCUT2D eigenvalue weighted by Crippen LogP contribution is -1.95. The summed E-state index contributed by atoms with van der Waals surface area (Å²) in [6.07, 6.45) is 1.25. The Morgan fingerprint density at radius 1 is 1.08 bits per heavy atom. The first-order valence-corrected chi connectivity index (χ1v) is 8.06. The van der Waals surface area contributed by atoms with E-state index < -0.39 is 0 Å². The monoisotopic (exact) mass is 355 g/mol. The van der Waals surface area contributed by atoms with Crippen molar-refractivity contribution in [1.29, 1.82) is 0 Å². The number of rotatable bonds is 5. The average Bonchev–Trinajstić information content (AvgIpc) is 3.32. The average molecular weight is 356 g/mol. The van der Waals surface area contributed by atoms with Crippen LogP contribution >= 0.6 is 11.6 Å². The standard InChI is InChI=1S/C16H14ClN7O/c1-9-6-10(8-11(17)7-9)12-2-3-13(25-12)16-18-14(19-22-16)4-5-15-20-23-24-21-15/h2-3,6-8H,4-5H2,1H3,(H,18,19,22)(H,20,21,23,24). The molecule has 0 aliphatic heterocycles. The predicted molar refractivity (Wildman–Crippen MR) is 90.9 cm³/mol. The number of hydrogen-bond acceptors (Lipinski definition) is 6. The Labute approximate surface area is 147 Å². The van der Waals surface area contributed by atoms with E-state index in [4.69, 9.17) is 16.0 Å². The number of aromatic nitrogens is 7. The number of nitrogens with one attached hydrogen (secondary N) is 2. The molecule has 0 unspecified atom stereocenters. The molecule has 126 valence electrons. The minimum atomic E-state index is 0.508. The topological polar surface area (TPSA) is 109 Å². The number of halogens is 1. The summed E-state index contributed by atoms with van der Waals surface area (Å²) in [5.74, 6) is 3.19. The minimum absolute atomic E-state index is 0.508. The molecule has 1 aromatic carbocycles. The number of aryl methyl sites for hydroxylation is 3. The third kappa shape index (κ3) is 3.43. The van der Waals surface area contributed by atoms with E-state index in [9.17, 15) is 0 Å². The van der Waals surface area contributed by atoms with Crippen molar-refractivity contribution in [2.45, 2.75) is 19.8 Å². The van der Waals surface area contributed by atoms with Crippen molar-refractivity contribution in [3.63, 3.8) is 0 Å². The van der Waals surface area contributed by atoms with Gasteiger partial charge in [0, 0.05) is 23.4 Å². The molecule has 0 spiro atoms. The van der Waals surface area contributed by atoms with Gasteiger partial charge in [-0.15, -0.1) is 10.2 Å². The molecule has 25 heavy (non-hydrogen) atoms. The van der Waals surface area contributed by atoms with Crippen LogP contribution in [0.15, 0.2) is 34.7 Å². The summed E-state index contributed by atoms with van der Waals surface area (Å²) in [7, 11) is 0. The molecule has 0 saturated heterocycles. The van der Waals surface area contributed by atoms with Gasteiger partial charge in [-0.1, -0.05) is 16.8 Å². The van der Waals surface area contributed by atoms with Gasteiger partial charge in [0.1, 0.15) is 11.6 Å². The molecule has 8 nitrogen and oxygen atoms in total. The van der Waals surface area contributed by atoms with E-state index in [1.165, 1.54) is 0 Å². The summed E-state index contributed by atoms with van der Waals surface area (Å²) in [6.45, 7) is 1.99. The van der Waals surface area contributed by atoms with Gasteiger partial charge in [0.05, 0.1) is 0 Å². The van der Waals surface area contributed by atoms with E-state index in [1.807, 2.05) is 37.3 Å². The highest BCUT2D eigenvalue weighted by atomic mass is 35.5. The second kappa shape index (κ2) is 6.48. The highest BCUT2D eigenvalue weighted by molar-refractivity contribution is 6.30. The first-order chi connectivity index (χ1) is 12.2. The van der Waals surface area contributed by atoms with Crippen LogP contribution in [-0.2, 0) is 12.8 Å². The van der Waals surface area contributed by atoms with E-state index in [0.29, 0.717) is 35.3 Å². The van der Waals surface area contributed by atoms with Crippen LogP contribution < -0.4 is 0 Å². The summed E-state index contributed by atoms with van der Waals surface area (Å²) in [5.41, 5.74) is 1.99. The number of nitrogens with zero attached hydrogens (tertiary/aromatic N) is 5. The second-order valence-corrected chi connectivity index (χ2v) is 6.05. The highest BCUT2D eigenvalue weighted by Crippen LogP contribution is 2.29. The fraction of sp³-hybridized carbons (Fsp3) is 0.188. The minimum Gasteiger partial charge on any atom is -0.453 e. The van der Waals surface area contributed by atoms with Crippen molar-refractivity contribution in [2.24, 2.45) is 0 Å². The van der Waals surface area contributed by atoms with Crippen molar-refractivity contribution < 1.29 is 4.42 Å². The number of aromatic amines is 2. The molecule has 0 aliphatic rings. The third-order valence-electron chi connectivity index (χ3n) is 3.66. The molecule has 3 aromatic heterocycles. The Bertz CT molecular complexity index is 970. The number of furan rings is 1. The van der Waals surface area contributed by atoms with Crippen molar-refractivity contribution in [3.05, 3.63) is 52.6 Å². The van der Waals surface area contributed by atoms with E-state index in [0.717, 1.165) is 22.7 Å². The van der Waals surface area contributed by atoms with Crippen LogP contribution in [0.4, 0.5) is 0 Å². The SMILES string of the molecule is Cc1cc(Cl)cc(-c2ccc(-c3n[nH]c(CCc4nn[nH]n4)n3)o2)c1. The predicted octanol–water partition coefficient (Wildman–Crippen LogP) is 2.99. The molecule has 2 N–H and O–H groups in total. The summed E-state index contributed by atoms with van der Waals surface area (Å²) < 4.78 is 5.89. The molecule has 4 aromatic rings. The van der Waals surface area contributed by atoms with Crippen molar-refractivity contribution in [1.82, 2.24) is 35.8 Å². The lowest BCUT2D eigenvalue weighted by atomic mass is 10.1. The number of benzene rings is 1. The molecule has 3 heterocycles. The maximum absolute atomic E-state index is 6.12. The van der Waals surface area contributed by atoms with Crippen molar-refractivity contribution in [3.8, 4) is 22.9 Å². The van der Waals surface area contributed by atoms with Crippen LogP contribution in [0.3, 0.4) is 0 Å². The Hall–Kier alpha value is -3.00. The normalized spacial score (nSPS) is 11.1. The van der Waals surface area contributed by atoms with Gasteiger partial charge in [-0.25, -0.2) is 4.98 Å². The summed E-state index contributed by atoms with van der Waals surface area (Å²) in [5, 5.41) is 21.6. The summed E-state index contributed by atoms with van der Waals surface area (Å²) in [4.78, 5) is 4.45. The van der Waals surface area contributed by atoms with Crippen LogP contribution in [0.25, 0.3) is 22.9 Å². The largest absolute Gasteiger partial charge is 0.453 e. The van der Waals surface area contributed by atoms with Gasteiger partial charge < -0.3 is 4.42 Å². The second-order valence-electron chi connectivity index (χ2n) is 5.61. The molecule has 0 radical (unpaired) electrons. The van der Waals surface area contributed by atoms with Gasteiger partial charge in [0.15, 0.2) is 11.6 Å². The smallest absolute Gasteiger partial charge is 0.216 e. The van der Waals surface area contributed by atoms with Gasteiger partial charge in [-0.3, -0.25) is 5.10 Å². The van der Waals surface area contributed by atoms with Gasteiger partial charge >= 0.3 is 0 Å². The fourth-order valence-corrected chi connectivity index (χ4v) is 2.82. The van der Waals surface area contributed by atoms with Crippen LogP contribution in [-0.4, -0.2) is 35.8 Å². The van der Waals surface area contributed by atoms with Crippen LogP contribution in [0.2, 0.25) is 5.02 Å². The molecule has 4 rings (SSSR count). The maximum atomic E-state index is 6.12. The third-order valence-corrected chi connectivity index (χ3v) is 3.88. The van der Waals surface area contributed by atoms with Crippen LogP contribution in [0, 0.1) is 6.92 Å². The Morgan fingerprint density at radius 2 is 1.96 bits per heavy atom. The zero-order valence-corrected chi connectivity index (χ0v) is 14.1. The lowest BCUT2D eigenvalue weighted by Gasteiger charge is -2.00. The molecule has 0 amide bonds. The highest BCUT2D eigenvalue weighted by Gasteiger charge is 2.13. The Morgan fingerprint density at radius 3 is 2.76 bits per heavy atom. The van der Waals surface area contributed by atoms with Gasteiger partial charge in [-0.2, -0.15) is 10.3 Å². The number of hydrogen-bond donors (Lipinski definition) is 2. The quantitative estimate of drug-likeness (QED) is 0.569. The van der Waals surface area contributed by atoms with Crippen molar-refractivity contribution >= 4 is 11.6 Å². The molecule has 9 heteroatoms. The maximum Gasteiger partial charge on any atom is 0.216 e. The first kappa shape index (κ1) is 15.5. The van der Waals surface area contributed by atoms with Gasteiger partial charge in [0.2, 0.25) is 5.82 Å². The molecule has 0 fully saturated rings. The zero-order chi connectivity index (χ0) is 17.2. The zero-order valence-electron chi connectivity index (χ0n) is 13.3. The Kier molecular flexibility index (Phi) is 4.02. The molecule has 0 bridgehead atoms. The van der Waals surface area contributed by atoms with E-state index in [1.54, 1.807) is 0 Å². The van der Waals surface area contributed by atoms with Crippen molar-refractivity contribution in [2.75, 3.05) is 0 Å². The fourth-order valence-electron chi connectivity index (χ4n) is 2.53. The van der Waals surface area contributed by atoms with E-state index in [-0.39, 0.29) is 0 Å². The van der Waals surface area contributed by atoms with Gasteiger partial charge in [-0.05, 0) is 42.8 Å².